The predicted molar refractivity (Wildman–Crippen MR) is 178 cm³/mol. The number of carbonyl (C=O) groups is 2. The van der Waals surface area contributed by atoms with Crippen LogP contribution < -0.4 is 14.4 Å². The van der Waals surface area contributed by atoms with Crippen LogP contribution in [0.1, 0.15) is 62.5 Å². The fourth-order valence-electron chi connectivity index (χ4n) is 5.54. The number of fused-ring (bicyclic) bond motifs is 4. The Morgan fingerprint density at radius 2 is 1.79 bits per heavy atom. The highest BCUT2D eigenvalue weighted by molar-refractivity contribution is 7.92. The summed E-state index contributed by atoms with van der Waals surface area (Å²) in [6.07, 6.45) is 3.62. The Bertz CT molecular complexity index is 1890. The second-order valence-corrected chi connectivity index (χ2v) is 14.7. The maximum atomic E-state index is 14.3. The van der Waals surface area contributed by atoms with Gasteiger partial charge in [-0.15, -0.1) is 0 Å². The number of benzene rings is 2. The van der Waals surface area contributed by atoms with Crippen LogP contribution in [0.15, 0.2) is 65.8 Å². The first-order valence-electron chi connectivity index (χ1n) is 15.4. The molecule has 47 heavy (non-hydrogen) atoms. The summed E-state index contributed by atoms with van der Waals surface area (Å²) in [7, 11) is -4.21. The van der Waals surface area contributed by atoms with Crippen molar-refractivity contribution in [2.75, 3.05) is 16.2 Å². The van der Waals surface area contributed by atoms with Crippen LogP contribution in [0.25, 0.3) is 11.3 Å². The molecule has 1 N–H and O–H groups in total. The molecule has 4 aromatic rings. The SMILES string of the molecule is Cc1cccc(C)c1-c1cc2nc(n1)NS(=O)(=O)c1cccc(c1)C(=O)N(c1cnn(CC(=O)OC(C)(C)C)c1)[C@H](CC(C)C)CO2. The van der Waals surface area contributed by atoms with E-state index in [1.54, 1.807) is 44.0 Å². The van der Waals surface area contributed by atoms with E-state index >= 15 is 0 Å². The molecule has 0 aliphatic carbocycles. The molecule has 3 heterocycles. The standard InChI is InChI=1S/C34H40N6O6S/c1-21(2)14-25-20-45-29-16-28(31-22(3)10-8-11-23(31)4)36-33(37-29)38-47(43,44)27-13-9-12-24(15-27)32(42)40(25)26-17-35-39(18-26)19-30(41)46-34(5,6)7/h8-13,15-18,21,25H,14,19-20H2,1-7H3,(H,36,37,38)/t25-/m1/s1. The lowest BCUT2D eigenvalue weighted by Gasteiger charge is -2.32. The number of rotatable bonds is 6. The van der Waals surface area contributed by atoms with Gasteiger partial charge < -0.3 is 9.47 Å². The summed E-state index contributed by atoms with van der Waals surface area (Å²) in [4.78, 5) is 37.3. The fourth-order valence-corrected chi connectivity index (χ4v) is 6.53. The normalized spacial score (nSPS) is 16.4. The summed E-state index contributed by atoms with van der Waals surface area (Å²) in [5.74, 6) is -0.803. The number of carbonyl (C=O) groups excluding carboxylic acids is 2. The summed E-state index contributed by atoms with van der Waals surface area (Å²) < 4.78 is 42.8. The van der Waals surface area contributed by atoms with Gasteiger partial charge in [-0.2, -0.15) is 10.1 Å². The molecule has 4 bridgehead atoms. The van der Waals surface area contributed by atoms with Crippen molar-refractivity contribution in [2.24, 2.45) is 5.92 Å². The molecule has 0 fully saturated rings. The van der Waals surface area contributed by atoms with E-state index in [9.17, 15) is 18.0 Å². The van der Waals surface area contributed by atoms with Crippen LogP contribution in [-0.4, -0.2) is 58.3 Å². The van der Waals surface area contributed by atoms with Crippen LogP contribution in [0.5, 0.6) is 5.88 Å². The molecule has 0 saturated heterocycles. The minimum Gasteiger partial charge on any atom is -0.475 e. The number of esters is 1. The number of nitrogens with zero attached hydrogens (tertiary/aromatic N) is 5. The third-order valence-corrected chi connectivity index (χ3v) is 8.74. The molecule has 1 atom stereocenters. The van der Waals surface area contributed by atoms with Crippen molar-refractivity contribution in [3.63, 3.8) is 0 Å². The van der Waals surface area contributed by atoms with Gasteiger partial charge in [-0.3, -0.25) is 19.2 Å². The third-order valence-electron chi connectivity index (χ3n) is 7.42. The van der Waals surface area contributed by atoms with E-state index < -0.39 is 33.5 Å². The summed E-state index contributed by atoms with van der Waals surface area (Å²) >= 11 is 0. The summed E-state index contributed by atoms with van der Waals surface area (Å²) in [5, 5.41) is 4.34. The van der Waals surface area contributed by atoms with Gasteiger partial charge >= 0.3 is 5.97 Å². The van der Waals surface area contributed by atoms with E-state index in [2.05, 4.69) is 19.8 Å². The molecular formula is C34H40N6O6S. The average Bonchev–Trinajstić information content (AvgIpc) is 3.41. The Labute approximate surface area is 275 Å². The lowest BCUT2D eigenvalue weighted by molar-refractivity contribution is -0.155. The first-order valence-corrected chi connectivity index (χ1v) is 16.9. The van der Waals surface area contributed by atoms with Crippen LogP contribution >= 0.6 is 0 Å². The summed E-state index contributed by atoms with van der Waals surface area (Å²) in [6, 6.07) is 12.8. The van der Waals surface area contributed by atoms with Gasteiger partial charge in [0.25, 0.3) is 15.9 Å². The minimum absolute atomic E-state index is 0.0241. The number of hydrogen-bond donors (Lipinski definition) is 1. The number of nitrogens with one attached hydrogen (secondary N) is 1. The maximum Gasteiger partial charge on any atom is 0.328 e. The lowest BCUT2D eigenvalue weighted by atomic mass is 10.00. The second-order valence-electron chi connectivity index (χ2n) is 13.1. The molecule has 1 aliphatic heterocycles. The summed E-state index contributed by atoms with van der Waals surface area (Å²) in [5.41, 5.74) is 3.11. The Kier molecular flexibility index (Phi) is 9.39. The van der Waals surface area contributed by atoms with Gasteiger partial charge in [-0.1, -0.05) is 38.1 Å². The van der Waals surface area contributed by atoms with Crippen molar-refractivity contribution in [3.05, 3.63) is 77.6 Å². The van der Waals surface area contributed by atoms with Crippen molar-refractivity contribution in [1.82, 2.24) is 19.7 Å². The van der Waals surface area contributed by atoms with E-state index in [-0.39, 0.29) is 41.4 Å². The van der Waals surface area contributed by atoms with Gasteiger partial charge in [0.1, 0.15) is 18.8 Å². The molecule has 248 valence electrons. The average molecular weight is 661 g/mol. The van der Waals surface area contributed by atoms with E-state index in [0.717, 1.165) is 16.7 Å². The number of aryl methyl sites for hydroxylation is 2. The molecular weight excluding hydrogens is 620 g/mol. The van der Waals surface area contributed by atoms with Crippen molar-refractivity contribution < 1.29 is 27.5 Å². The van der Waals surface area contributed by atoms with Crippen molar-refractivity contribution >= 4 is 33.5 Å². The van der Waals surface area contributed by atoms with Crippen molar-refractivity contribution in [1.29, 1.82) is 0 Å². The zero-order chi connectivity index (χ0) is 34.1. The van der Waals surface area contributed by atoms with Gasteiger partial charge in [0.05, 0.1) is 28.5 Å². The predicted octanol–water partition coefficient (Wildman–Crippen LogP) is 5.55. The van der Waals surface area contributed by atoms with Gasteiger partial charge in [0.2, 0.25) is 11.8 Å². The zero-order valence-corrected chi connectivity index (χ0v) is 28.5. The maximum absolute atomic E-state index is 14.3. The highest BCUT2D eigenvalue weighted by atomic mass is 32.2. The van der Waals surface area contributed by atoms with E-state index in [1.165, 1.54) is 29.1 Å². The molecule has 2 aromatic heterocycles. The quantitative estimate of drug-likeness (QED) is 0.263. The highest BCUT2D eigenvalue weighted by Gasteiger charge is 2.31. The molecule has 1 aliphatic rings. The Balaban J connectivity index is 1.63. The second kappa shape index (κ2) is 13.1. The van der Waals surface area contributed by atoms with Crippen LogP contribution in [0.2, 0.25) is 0 Å². The molecule has 12 nitrogen and oxygen atoms in total. The first kappa shape index (κ1) is 33.6. The van der Waals surface area contributed by atoms with Crippen LogP contribution in [0.4, 0.5) is 11.6 Å². The van der Waals surface area contributed by atoms with Crippen LogP contribution in [0.3, 0.4) is 0 Å². The lowest BCUT2D eigenvalue weighted by Crippen LogP contribution is -2.45. The monoisotopic (exact) mass is 660 g/mol. The number of amides is 1. The number of anilines is 2. The number of hydrogen-bond acceptors (Lipinski definition) is 9. The van der Waals surface area contributed by atoms with Gasteiger partial charge in [-0.05, 0) is 76.3 Å². The molecule has 0 spiro atoms. The molecule has 0 unspecified atom stereocenters. The van der Waals surface area contributed by atoms with Gasteiger partial charge in [-0.25, -0.2) is 18.1 Å². The third kappa shape index (κ3) is 7.97. The zero-order valence-electron chi connectivity index (χ0n) is 27.6. The molecule has 0 saturated carbocycles. The fraction of sp³-hybridized carbons (Fsp3) is 0.382. The topological polar surface area (TPSA) is 146 Å². The van der Waals surface area contributed by atoms with E-state index in [4.69, 9.17) is 9.47 Å². The Hall–Kier alpha value is -4.78. The number of aromatic nitrogens is 4. The Morgan fingerprint density at radius 1 is 1.09 bits per heavy atom. The number of sulfonamides is 1. The van der Waals surface area contributed by atoms with Crippen LogP contribution in [0, 0.1) is 19.8 Å². The number of ether oxygens (including phenoxy) is 2. The Morgan fingerprint density at radius 3 is 2.47 bits per heavy atom. The van der Waals surface area contributed by atoms with Crippen LogP contribution in [-0.2, 0) is 26.1 Å². The molecule has 2 aromatic carbocycles. The van der Waals surface area contributed by atoms with Gasteiger partial charge in [0.15, 0.2) is 0 Å². The molecule has 5 rings (SSSR count). The molecule has 1 amide bonds. The van der Waals surface area contributed by atoms with E-state index in [0.29, 0.717) is 17.8 Å². The molecule has 0 radical (unpaired) electrons. The van der Waals surface area contributed by atoms with E-state index in [1.807, 2.05) is 45.9 Å². The largest absolute Gasteiger partial charge is 0.475 e. The summed E-state index contributed by atoms with van der Waals surface area (Å²) in [6.45, 7) is 13.2. The smallest absolute Gasteiger partial charge is 0.328 e. The first-order chi connectivity index (χ1) is 22.1. The van der Waals surface area contributed by atoms with Crippen molar-refractivity contribution in [2.45, 2.75) is 78.0 Å². The minimum atomic E-state index is -4.21. The molecule has 13 heteroatoms. The van der Waals surface area contributed by atoms with Crippen molar-refractivity contribution in [3.8, 4) is 17.1 Å². The van der Waals surface area contributed by atoms with Gasteiger partial charge in [0, 0.05) is 23.4 Å². The highest BCUT2D eigenvalue weighted by Crippen LogP contribution is 2.31.